The average Bonchev–Trinajstić information content (AvgIpc) is 2.16. The summed E-state index contributed by atoms with van der Waals surface area (Å²) < 4.78 is 0. The molecule has 1 rings (SSSR count). The van der Waals surface area contributed by atoms with Crippen LogP contribution in [0.15, 0.2) is 18.2 Å². The van der Waals surface area contributed by atoms with Crippen molar-refractivity contribution >= 4 is 17.3 Å². The van der Waals surface area contributed by atoms with Gasteiger partial charge in [-0.15, -0.1) is 0 Å². The second kappa shape index (κ2) is 4.15. The largest absolute Gasteiger partial charge is 0.375 e. The molecule has 0 atom stereocenters. The second-order valence-electron chi connectivity index (χ2n) is 2.79. The molecule has 0 aliphatic carbocycles. The van der Waals surface area contributed by atoms with E-state index in [9.17, 15) is 0 Å². The molecule has 0 saturated heterocycles. The molecule has 68 valence electrons. The van der Waals surface area contributed by atoms with Gasteiger partial charge in [0.1, 0.15) is 6.07 Å². The summed E-state index contributed by atoms with van der Waals surface area (Å²) in [7, 11) is 1.98. The highest BCUT2D eigenvalue weighted by Gasteiger charge is 2.02. The van der Waals surface area contributed by atoms with Gasteiger partial charge in [0.2, 0.25) is 0 Å². The van der Waals surface area contributed by atoms with Crippen LogP contribution in [0.4, 0.5) is 5.69 Å². The minimum absolute atomic E-state index is 0.514. The number of nitrogens with zero attached hydrogens (tertiary/aromatic N) is 2. The number of hydrogen-bond donors (Lipinski definition) is 0. The van der Waals surface area contributed by atoms with Crippen LogP contribution in [0.3, 0.4) is 0 Å². The summed E-state index contributed by atoms with van der Waals surface area (Å²) in [6.07, 6.45) is 0. The van der Waals surface area contributed by atoms with Crippen LogP contribution in [0.2, 0.25) is 5.02 Å². The molecule has 3 heteroatoms. The average molecular weight is 195 g/mol. The summed E-state index contributed by atoms with van der Waals surface area (Å²) in [6.45, 7) is 2.98. The summed E-state index contributed by atoms with van der Waals surface area (Å²) in [5.41, 5.74) is 1.56. The molecule has 0 aliphatic rings. The Morgan fingerprint density at radius 1 is 1.54 bits per heavy atom. The second-order valence-corrected chi connectivity index (χ2v) is 3.20. The van der Waals surface area contributed by atoms with Crippen molar-refractivity contribution in [2.75, 3.05) is 18.5 Å². The Morgan fingerprint density at radius 2 is 2.23 bits per heavy atom. The molecule has 0 aliphatic heterocycles. The smallest absolute Gasteiger partial charge is 0.101 e. The maximum Gasteiger partial charge on any atom is 0.101 e. The van der Waals surface area contributed by atoms with E-state index < -0.39 is 0 Å². The highest BCUT2D eigenvalue weighted by Crippen LogP contribution is 2.22. The number of benzene rings is 1. The lowest BCUT2D eigenvalue weighted by molar-refractivity contribution is 0.968. The number of halogens is 1. The first-order valence-corrected chi connectivity index (χ1v) is 4.47. The van der Waals surface area contributed by atoms with Crippen LogP contribution in [0.25, 0.3) is 0 Å². The number of nitriles is 1. The van der Waals surface area contributed by atoms with E-state index in [2.05, 4.69) is 11.8 Å². The third-order valence-electron chi connectivity index (χ3n) is 1.99. The zero-order valence-corrected chi connectivity index (χ0v) is 8.47. The molecule has 0 spiro atoms. The van der Waals surface area contributed by atoms with Gasteiger partial charge in [0.25, 0.3) is 0 Å². The zero-order valence-electron chi connectivity index (χ0n) is 7.71. The number of anilines is 1. The summed E-state index contributed by atoms with van der Waals surface area (Å²) in [6, 6.07) is 7.47. The first-order valence-electron chi connectivity index (χ1n) is 4.09. The van der Waals surface area contributed by atoms with Crippen LogP contribution >= 0.6 is 11.6 Å². The number of hydrogen-bond acceptors (Lipinski definition) is 2. The summed E-state index contributed by atoms with van der Waals surface area (Å²) >= 11 is 5.88. The van der Waals surface area contributed by atoms with Gasteiger partial charge < -0.3 is 4.90 Å². The molecule has 0 amide bonds. The van der Waals surface area contributed by atoms with E-state index in [1.807, 2.05) is 25.2 Å². The van der Waals surface area contributed by atoms with Crippen molar-refractivity contribution in [3.63, 3.8) is 0 Å². The van der Waals surface area contributed by atoms with Crippen LogP contribution in [0.5, 0.6) is 0 Å². The van der Waals surface area contributed by atoms with Crippen molar-refractivity contribution in [1.82, 2.24) is 0 Å². The molecular formula is C10H11ClN2. The fourth-order valence-corrected chi connectivity index (χ4v) is 1.23. The lowest BCUT2D eigenvalue weighted by Crippen LogP contribution is -2.15. The molecule has 0 aromatic heterocycles. The lowest BCUT2D eigenvalue weighted by atomic mass is 10.2. The van der Waals surface area contributed by atoms with Crippen molar-refractivity contribution in [1.29, 1.82) is 5.26 Å². The normalized spacial score (nSPS) is 9.38. The summed E-state index contributed by atoms with van der Waals surface area (Å²) in [5, 5.41) is 9.17. The van der Waals surface area contributed by atoms with Gasteiger partial charge in [-0.1, -0.05) is 11.6 Å². The molecule has 0 bridgehead atoms. The molecule has 1 aromatic rings. The Kier molecular flexibility index (Phi) is 3.16. The Morgan fingerprint density at radius 3 is 2.69 bits per heavy atom. The third-order valence-corrected chi connectivity index (χ3v) is 2.30. The van der Waals surface area contributed by atoms with Gasteiger partial charge in [-0.3, -0.25) is 0 Å². The van der Waals surface area contributed by atoms with Gasteiger partial charge >= 0.3 is 0 Å². The summed E-state index contributed by atoms with van der Waals surface area (Å²) in [5.74, 6) is 0. The first-order chi connectivity index (χ1) is 6.19. The molecule has 0 unspecified atom stereocenters. The van der Waals surface area contributed by atoms with E-state index in [0.717, 1.165) is 12.2 Å². The molecule has 0 N–H and O–H groups in total. The molecule has 0 fully saturated rings. The predicted molar refractivity (Wildman–Crippen MR) is 55.1 cm³/mol. The Hall–Kier alpha value is -1.20. The molecule has 0 radical (unpaired) electrons. The standard InChI is InChI=1S/C10H11ClN2/c1-3-13(2)9-5-4-8(7-12)10(11)6-9/h4-6H,3H2,1-2H3. The quantitative estimate of drug-likeness (QED) is 0.724. The van der Waals surface area contributed by atoms with E-state index in [-0.39, 0.29) is 0 Å². The van der Waals surface area contributed by atoms with Gasteiger partial charge in [-0.25, -0.2) is 0 Å². The third kappa shape index (κ3) is 2.13. The van der Waals surface area contributed by atoms with Crippen LogP contribution in [-0.2, 0) is 0 Å². The van der Waals surface area contributed by atoms with Crippen LogP contribution in [-0.4, -0.2) is 13.6 Å². The lowest BCUT2D eigenvalue weighted by Gasteiger charge is -2.16. The highest BCUT2D eigenvalue weighted by atomic mass is 35.5. The minimum Gasteiger partial charge on any atom is -0.375 e. The van der Waals surface area contributed by atoms with E-state index >= 15 is 0 Å². The van der Waals surface area contributed by atoms with Gasteiger partial charge in [-0.2, -0.15) is 5.26 Å². The fourth-order valence-electron chi connectivity index (χ4n) is 1.01. The van der Waals surface area contributed by atoms with Crippen molar-refractivity contribution in [3.05, 3.63) is 28.8 Å². The van der Waals surface area contributed by atoms with Gasteiger partial charge in [0.05, 0.1) is 10.6 Å². The minimum atomic E-state index is 0.514. The zero-order chi connectivity index (χ0) is 9.84. The van der Waals surface area contributed by atoms with Gasteiger partial charge in [0.15, 0.2) is 0 Å². The maximum absolute atomic E-state index is 8.66. The molecule has 13 heavy (non-hydrogen) atoms. The van der Waals surface area contributed by atoms with Crippen LogP contribution < -0.4 is 4.90 Å². The van der Waals surface area contributed by atoms with Crippen molar-refractivity contribution < 1.29 is 0 Å². The van der Waals surface area contributed by atoms with E-state index in [4.69, 9.17) is 16.9 Å². The highest BCUT2D eigenvalue weighted by molar-refractivity contribution is 6.32. The fraction of sp³-hybridized carbons (Fsp3) is 0.300. The maximum atomic E-state index is 8.66. The van der Waals surface area contributed by atoms with Crippen LogP contribution in [0, 0.1) is 11.3 Å². The van der Waals surface area contributed by atoms with Crippen molar-refractivity contribution in [3.8, 4) is 6.07 Å². The monoisotopic (exact) mass is 194 g/mol. The van der Waals surface area contributed by atoms with E-state index in [0.29, 0.717) is 10.6 Å². The van der Waals surface area contributed by atoms with Crippen molar-refractivity contribution in [2.45, 2.75) is 6.92 Å². The molecule has 1 aromatic carbocycles. The molecule has 0 saturated carbocycles. The molecular weight excluding hydrogens is 184 g/mol. The Labute approximate surface area is 83.3 Å². The summed E-state index contributed by atoms with van der Waals surface area (Å²) in [4.78, 5) is 2.06. The van der Waals surface area contributed by atoms with Gasteiger partial charge in [-0.05, 0) is 25.1 Å². The Bertz CT molecular complexity index is 341. The van der Waals surface area contributed by atoms with Crippen LogP contribution in [0.1, 0.15) is 12.5 Å². The topological polar surface area (TPSA) is 27.0 Å². The first kappa shape index (κ1) is 9.88. The van der Waals surface area contributed by atoms with E-state index in [1.165, 1.54) is 0 Å². The molecule has 0 heterocycles. The van der Waals surface area contributed by atoms with Gasteiger partial charge in [0, 0.05) is 19.3 Å². The predicted octanol–water partition coefficient (Wildman–Crippen LogP) is 2.67. The Balaban J connectivity index is 3.04. The van der Waals surface area contributed by atoms with Crippen molar-refractivity contribution in [2.24, 2.45) is 0 Å². The number of rotatable bonds is 2. The SMILES string of the molecule is CCN(C)c1ccc(C#N)c(Cl)c1. The molecule has 2 nitrogen and oxygen atoms in total. The van der Waals surface area contributed by atoms with E-state index in [1.54, 1.807) is 6.07 Å².